The van der Waals surface area contributed by atoms with E-state index in [1.807, 2.05) is 44.2 Å². The number of benzene rings is 1. The van der Waals surface area contributed by atoms with Gasteiger partial charge in [0.1, 0.15) is 23.5 Å². The maximum Gasteiger partial charge on any atom is 0.130 e. The minimum Gasteiger partial charge on any atom is -0.491 e. The molecule has 0 N–H and O–H groups in total. The summed E-state index contributed by atoms with van der Waals surface area (Å²) in [4.78, 5) is 0. The summed E-state index contributed by atoms with van der Waals surface area (Å²) in [7, 11) is 0. The van der Waals surface area contributed by atoms with E-state index < -0.39 is 0 Å². The third kappa shape index (κ3) is 4.33. The highest BCUT2D eigenvalue weighted by Crippen LogP contribution is 2.23. The normalized spacial score (nSPS) is 9.32. The first-order chi connectivity index (χ1) is 9.10. The zero-order valence-electron chi connectivity index (χ0n) is 11.2. The van der Waals surface area contributed by atoms with Crippen molar-refractivity contribution in [1.82, 2.24) is 0 Å². The monoisotopic (exact) mass is 252 g/mol. The van der Waals surface area contributed by atoms with Gasteiger partial charge in [-0.3, -0.25) is 0 Å². The van der Waals surface area contributed by atoms with Crippen molar-refractivity contribution in [3.63, 3.8) is 0 Å². The Morgan fingerprint density at radius 3 is 2.58 bits per heavy atom. The first-order valence-electron chi connectivity index (χ1n) is 6.03. The van der Waals surface area contributed by atoms with Crippen molar-refractivity contribution in [3.8, 4) is 17.9 Å². The molecule has 0 aromatic heterocycles. The first-order valence-corrected chi connectivity index (χ1v) is 6.03. The van der Waals surface area contributed by atoms with Crippen LogP contribution in [-0.2, 0) is 6.42 Å². The lowest BCUT2D eigenvalue weighted by atomic mass is 10.0. The van der Waals surface area contributed by atoms with Gasteiger partial charge in [0.25, 0.3) is 0 Å². The van der Waals surface area contributed by atoms with E-state index >= 15 is 0 Å². The van der Waals surface area contributed by atoms with Gasteiger partial charge in [-0.2, -0.15) is 10.5 Å². The van der Waals surface area contributed by atoms with Crippen LogP contribution < -0.4 is 4.74 Å². The van der Waals surface area contributed by atoms with Crippen LogP contribution in [0, 0.1) is 22.7 Å². The van der Waals surface area contributed by atoms with E-state index in [1.165, 1.54) is 0 Å². The Bertz CT molecular complexity index is 555. The third-order valence-corrected chi connectivity index (χ3v) is 2.36. The molecule has 0 aliphatic heterocycles. The topological polar surface area (TPSA) is 56.8 Å². The first kappa shape index (κ1) is 14.5. The van der Waals surface area contributed by atoms with E-state index in [1.54, 1.807) is 12.2 Å². The Balaban J connectivity index is 3.16. The molecule has 0 saturated heterocycles. The fourth-order valence-corrected chi connectivity index (χ4v) is 1.63. The Hall–Kier alpha value is -2.52. The number of rotatable bonds is 5. The second-order valence-corrected chi connectivity index (χ2v) is 4.31. The third-order valence-electron chi connectivity index (χ3n) is 2.36. The predicted octanol–water partition coefficient (Wildman–Crippen LogP) is 3.63. The molecule has 0 aliphatic carbocycles. The number of hydrogen-bond acceptors (Lipinski definition) is 3. The van der Waals surface area contributed by atoms with Crippen LogP contribution in [0.4, 0.5) is 0 Å². The molecule has 0 aliphatic rings. The molecule has 0 bridgehead atoms. The van der Waals surface area contributed by atoms with E-state index in [4.69, 9.17) is 15.3 Å². The largest absolute Gasteiger partial charge is 0.491 e. The minimum atomic E-state index is 0.0853. The smallest absolute Gasteiger partial charge is 0.130 e. The molecule has 0 radical (unpaired) electrons. The van der Waals surface area contributed by atoms with Gasteiger partial charge in [-0.25, -0.2) is 0 Å². The summed E-state index contributed by atoms with van der Waals surface area (Å²) in [5.74, 6) is 0.808. The second-order valence-electron chi connectivity index (χ2n) is 4.31. The van der Waals surface area contributed by atoms with Gasteiger partial charge in [0.2, 0.25) is 0 Å². The van der Waals surface area contributed by atoms with E-state index in [0.717, 1.165) is 16.9 Å². The number of nitrogens with zero attached hydrogens (tertiary/aromatic N) is 2. The highest BCUT2D eigenvalue weighted by atomic mass is 16.5. The van der Waals surface area contributed by atoms with Crippen molar-refractivity contribution in [2.45, 2.75) is 26.4 Å². The molecular formula is C16H16N2O. The van der Waals surface area contributed by atoms with E-state index in [9.17, 15) is 0 Å². The Morgan fingerprint density at radius 2 is 2.05 bits per heavy atom. The van der Waals surface area contributed by atoms with Crippen LogP contribution in [0.2, 0.25) is 0 Å². The van der Waals surface area contributed by atoms with Gasteiger partial charge in [0.05, 0.1) is 6.10 Å². The van der Waals surface area contributed by atoms with Crippen molar-refractivity contribution in [1.29, 1.82) is 10.5 Å². The second kappa shape index (κ2) is 7.03. The standard InChI is InChI=1S/C16H16N2O/c1-4-5-15-9-13(8-14(10-17)11-18)6-7-16(15)19-12(2)3/h4,6-9,12H,1,5H2,2-3H3. The molecule has 0 spiro atoms. The fraction of sp³-hybridized carbons (Fsp3) is 0.250. The molecule has 0 fully saturated rings. The van der Waals surface area contributed by atoms with Gasteiger partial charge in [-0.05, 0) is 49.6 Å². The summed E-state index contributed by atoms with van der Waals surface area (Å²) in [6, 6.07) is 9.30. The Labute approximate surface area is 114 Å². The number of allylic oxidation sites excluding steroid dienone is 2. The SMILES string of the molecule is C=CCc1cc(C=C(C#N)C#N)ccc1OC(C)C. The quantitative estimate of drug-likeness (QED) is 0.594. The zero-order valence-corrected chi connectivity index (χ0v) is 11.2. The molecule has 19 heavy (non-hydrogen) atoms. The summed E-state index contributed by atoms with van der Waals surface area (Å²) >= 11 is 0. The van der Waals surface area contributed by atoms with Crippen molar-refractivity contribution in [2.24, 2.45) is 0 Å². The van der Waals surface area contributed by atoms with Crippen LogP contribution in [-0.4, -0.2) is 6.10 Å². The fourth-order valence-electron chi connectivity index (χ4n) is 1.63. The molecule has 3 nitrogen and oxygen atoms in total. The number of nitriles is 2. The van der Waals surface area contributed by atoms with E-state index in [0.29, 0.717) is 6.42 Å². The van der Waals surface area contributed by atoms with E-state index in [-0.39, 0.29) is 11.7 Å². The van der Waals surface area contributed by atoms with Crippen molar-refractivity contribution in [2.75, 3.05) is 0 Å². The van der Waals surface area contributed by atoms with Crippen LogP contribution in [0.25, 0.3) is 6.08 Å². The van der Waals surface area contributed by atoms with Crippen LogP contribution in [0.3, 0.4) is 0 Å². The van der Waals surface area contributed by atoms with Gasteiger partial charge >= 0.3 is 0 Å². The van der Waals surface area contributed by atoms with Crippen LogP contribution in [0.15, 0.2) is 36.4 Å². The van der Waals surface area contributed by atoms with Crippen molar-refractivity contribution < 1.29 is 4.74 Å². The van der Waals surface area contributed by atoms with Gasteiger partial charge in [-0.15, -0.1) is 6.58 Å². The average Bonchev–Trinajstić information content (AvgIpc) is 2.38. The van der Waals surface area contributed by atoms with Crippen LogP contribution in [0.5, 0.6) is 5.75 Å². The average molecular weight is 252 g/mol. The molecule has 0 unspecified atom stereocenters. The lowest BCUT2D eigenvalue weighted by Crippen LogP contribution is -2.07. The van der Waals surface area contributed by atoms with E-state index in [2.05, 4.69) is 6.58 Å². The summed E-state index contributed by atoms with van der Waals surface area (Å²) in [6.07, 6.45) is 4.13. The Kier molecular flexibility index (Phi) is 5.38. The van der Waals surface area contributed by atoms with Crippen LogP contribution in [0.1, 0.15) is 25.0 Å². The van der Waals surface area contributed by atoms with Gasteiger partial charge in [0, 0.05) is 0 Å². The van der Waals surface area contributed by atoms with Crippen molar-refractivity contribution in [3.05, 3.63) is 47.6 Å². The molecule has 0 atom stereocenters. The van der Waals surface area contributed by atoms with Crippen molar-refractivity contribution >= 4 is 6.08 Å². The molecule has 1 aromatic rings. The highest BCUT2D eigenvalue weighted by molar-refractivity contribution is 5.63. The minimum absolute atomic E-state index is 0.0853. The summed E-state index contributed by atoms with van der Waals surface area (Å²) in [5.41, 5.74) is 1.89. The highest BCUT2D eigenvalue weighted by Gasteiger charge is 2.06. The molecule has 1 aromatic carbocycles. The molecule has 96 valence electrons. The molecule has 0 saturated carbocycles. The van der Waals surface area contributed by atoms with Crippen LogP contribution >= 0.6 is 0 Å². The summed E-state index contributed by atoms with van der Waals surface area (Å²) in [6.45, 7) is 7.66. The van der Waals surface area contributed by atoms with Gasteiger partial charge in [-0.1, -0.05) is 12.1 Å². The molecular weight excluding hydrogens is 236 g/mol. The lowest BCUT2D eigenvalue weighted by Gasteiger charge is -2.14. The molecule has 0 heterocycles. The van der Waals surface area contributed by atoms with Gasteiger partial charge < -0.3 is 4.74 Å². The number of ether oxygens (including phenoxy) is 1. The Morgan fingerprint density at radius 1 is 1.37 bits per heavy atom. The maximum absolute atomic E-state index is 8.75. The predicted molar refractivity (Wildman–Crippen MR) is 75.3 cm³/mol. The number of hydrogen-bond donors (Lipinski definition) is 0. The summed E-state index contributed by atoms with van der Waals surface area (Å²) < 4.78 is 5.71. The maximum atomic E-state index is 8.75. The molecule has 1 rings (SSSR count). The lowest BCUT2D eigenvalue weighted by molar-refractivity contribution is 0.240. The zero-order chi connectivity index (χ0) is 14.3. The molecule has 0 amide bonds. The molecule has 3 heteroatoms. The van der Waals surface area contributed by atoms with Gasteiger partial charge in [0.15, 0.2) is 0 Å². The summed E-state index contributed by atoms with van der Waals surface area (Å²) in [5, 5.41) is 17.5.